The topological polar surface area (TPSA) is 108 Å². The van der Waals surface area contributed by atoms with Crippen LogP contribution in [-0.4, -0.2) is 36.3 Å². The van der Waals surface area contributed by atoms with Crippen LogP contribution in [0.5, 0.6) is 0 Å². The summed E-state index contributed by atoms with van der Waals surface area (Å²) in [4.78, 5) is 41.9. The van der Waals surface area contributed by atoms with E-state index in [2.05, 4.69) is 4.99 Å². The second kappa shape index (κ2) is 12.3. The minimum atomic E-state index is -0.926. The Labute approximate surface area is 227 Å². The van der Waals surface area contributed by atoms with Gasteiger partial charge in [0.25, 0.3) is 5.69 Å². The maximum absolute atomic E-state index is 13.6. The first kappa shape index (κ1) is 27.4. The van der Waals surface area contributed by atoms with Crippen molar-refractivity contribution in [3.8, 4) is 0 Å². The predicted molar refractivity (Wildman–Crippen MR) is 147 cm³/mol. The van der Waals surface area contributed by atoms with Gasteiger partial charge in [0, 0.05) is 35.4 Å². The number of benzene rings is 3. The highest BCUT2D eigenvalue weighted by molar-refractivity contribution is 6.07. The number of hydrogen-bond acceptors (Lipinski definition) is 7. The number of nitrogens with zero attached hydrogens (tertiary/aromatic N) is 2. The van der Waals surface area contributed by atoms with Crippen molar-refractivity contribution in [2.45, 2.75) is 32.1 Å². The Morgan fingerprint density at radius 1 is 0.949 bits per heavy atom. The summed E-state index contributed by atoms with van der Waals surface area (Å²) in [5, 5.41) is 11.5. The third-order valence-corrected chi connectivity index (χ3v) is 6.99. The number of nitro groups is 1. The molecule has 0 saturated carbocycles. The van der Waals surface area contributed by atoms with Gasteiger partial charge in [-0.05, 0) is 37.0 Å². The van der Waals surface area contributed by atoms with E-state index < -0.39 is 28.7 Å². The molecule has 0 N–H and O–H groups in total. The first-order valence-corrected chi connectivity index (χ1v) is 12.7. The van der Waals surface area contributed by atoms with Crippen molar-refractivity contribution in [3.63, 3.8) is 0 Å². The molecule has 4 rings (SSSR count). The number of aliphatic imine (C=N–C) groups is 1. The zero-order valence-corrected chi connectivity index (χ0v) is 22.1. The number of methoxy groups -OCH3 is 1. The van der Waals surface area contributed by atoms with Gasteiger partial charge < -0.3 is 9.47 Å². The summed E-state index contributed by atoms with van der Waals surface area (Å²) in [6.07, 6.45) is 0.538. The van der Waals surface area contributed by atoms with E-state index in [0.717, 1.165) is 11.1 Å². The molecule has 0 fully saturated rings. The minimum Gasteiger partial charge on any atom is -0.468 e. The molecule has 8 heteroatoms. The van der Waals surface area contributed by atoms with Crippen molar-refractivity contribution in [2.75, 3.05) is 13.7 Å². The van der Waals surface area contributed by atoms with E-state index in [9.17, 15) is 19.7 Å². The van der Waals surface area contributed by atoms with Crippen LogP contribution in [0.15, 0.2) is 101 Å². The van der Waals surface area contributed by atoms with Crippen LogP contribution in [0.2, 0.25) is 0 Å². The van der Waals surface area contributed by atoms with Gasteiger partial charge >= 0.3 is 11.9 Å². The Hall–Kier alpha value is -4.59. The summed E-state index contributed by atoms with van der Waals surface area (Å²) in [6.45, 7) is 3.48. The van der Waals surface area contributed by atoms with Gasteiger partial charge in [-0.15, -0.1) is 0 Å². The fourth-order valence-electron chi connectivity index (χ4n) is 5.17. The van der Waals surface area contributed by atoms with Crippen LogP contribution in [0.25, 0.3) is 0 Å². The monoisotopic (exact) mass is 526 g/mol. The fraction of sp³-hybridized carbons (Fsp3) is 0.258. The average molecular weight is 527 g/mol. The molecule has 1 aliphatic heterocycles. The maximum atomic E-state index is 13.6. The summed E-state index contributed by atoms with van der Waals surface area (Å²) in [5.74, 6) is -2.96. The van der Waals surface area contributed by atoms with Gasteiger partial charge in [-0.1, -0.05) is 72.8 Å². The van der Waals surface area contributed by atoms with Crippen LogP contribution in [0.1, 0.15) is 48.8 Å². The number of carbonyl (C=O) groups excluding carboxylic acids is 2. The fourth-order valence-corrected chi connectivity index (χ4v) is 5.17. The molecule has 1 aliphatic rings. The molecular formula is C31H30N2O6. The van der Waals surface area contributed by atoms with Crippen LogP contribution in [0, 0.1) is 16.0 Å². The number of non-ortho nitro benzene ring substituents is 1. The third kappa shape index (κ3) is 6.12. The summed E-state index contributed by atoms with van der Waals surface area (Å²) in [5.41, 5.74) is 3.55. The van der Waals surface area contributed by atoms with Crippen LogP contribution >= 0.6 is 0 Å². The van der Waals surface area contributed by atoms with Crippen molar-refractivity contribution in [1.29, 1.82) is 0 Å². The largest absolute Gasteiger partial charge is 0.468 e. The first-order valence-electron chi connectivity index (χ1n) is 12.7. The standard InChI is InChI=1S/C31H30N2O6/c1-20-27(30(34)38-3)29(24-15-10-16-25(19-24)33(36)37)28(21(2)32-20)31(35)39-18-17-26(22-11-6-4-7-12-22)23-13-8-5-9-14-23/h4-16,19,26-27,29H,17-18H2,1-3H3. The van der Waals surface area contributed by atoms with Crippen LogP contribution in [0.4, 0.5) is 5.69 Å². The molecule has 1 heterocycles. The van der Waals surface area contributed by atoms with E-state index in [-0.39, 0.29) is 23.8 Å². The van der Waals surface area contributed by atoms with E-state index in [1.54, 1.807) is 19.9 Å². The van der Waals surface area contributed by atoms with Crippen LogP contribution in [-0.2, 0) is 19.1 Å². The van der Waals surface area contributed by atoms with Crippen molar-refractivity contribution < 1.29 is 24.0 Å². The highest BCUT2D eigenvalue weighted by Crippen LogP contribution is 2.41. The average Bonchev–Trinajstić information content (AvgIpc) is 2.95. The Bertz CT molecular complexity index is 1380. The predicted octanol–water partition coefficient (Wildman–Crippen LogP) is 5.98. The van der Waals surface area contributed by atoms with Gasteiger partial charge in [0.2, 0.25) is 0 Å². The number of nitro benzene ring substituents is 1. The van der Waals surface area contributed by atoms with Crippen molar-refractivity contribution in [1.82, 2.24) is 0 Å². The molecule has 0 spiro atoms. The highest BCUT2D eigenvalue weighted by atomic mass is 16.6. The Kier molecular flexibility index (Phi) is 8.66. The summed E-state index contributed by atoms with van der Waals surface area (Å²) >= 11 is 0. The van der Waals surface area contributed by atoms with E-state index in [1.807, 2.05) is 60.7 Å². The molecule has 0 radical (unpaired) electrons. The molecule has 0 bridgehead atoms. The summed E-state index contributed by atoms with van der Waals surface area (Å²) < 4.78 is 10.8. The number of esters is 2. The van der Waals surface area contributed by atoms with Crippen molar-refractivity contribution in [2.24, 2.45) is 10.9 Å². The van der Waals surface area contributed by atoms with Gasteiger partial charge in [0.1, 0.15) is 5.92 Å². The molecular weight excluding hydrogens is 496 g/mol. The van der Waals surface area contributed by atoms with E-state index >= 15 is 0 Å². The molecule has 0 amide bonds. The number of rotatable bonds is 9. The lowest BCUT2D eigenvalue weighted by Crippen LogP contribution is -2.36. The van der Waals surface area contributed by atoms with Crippen molar-refractivity contribution in [3.05, 3.63) is 123 Å². The molecule has 3 aromatic rings. The second-order valence-corrected chi connectivity index (χ2v) is 9.38. The van der Waals surface area contributed by atoms with Gasteiger partial charge in [-0.3, -0.25) is 19.9 Å². The van der Waals surface area contributed by atoms with E-state index in [1.165, 1.54) is 25.3 Å². The SMILES string of the molecule is COC(=O)C1C(C)=NC(C)=C(C(=O)OCCC(c2ccccc2)c2ccccc2)C1c1cccc([N+](=O)[O-])c1. The molecule has 200 valence electrons. The van der Waals surface area contributed by atoms with E-state index in [0.29, 0.717) is 23.4 Å². The van der Waals surface area contributed by atoms with Crippen molar-refractivity contribution >= 4 is 23.3 Å². The van der Waals surface area contributed by atoms with E-state index in [4.69, 9.17) is 9.47 Å². The highest BCUT2D eigenvalue weighted by Gasteiger charge is 2.42. The summed E-state index contributed by atoms with van der Waals surface area (Å²) in [7, 11) is 1.26. The molecule has 3 aromatic carbocycles. The Balaban J connectivity index is 1.63. The first-order chi connectivity index (χ1) is 18.8. The lowest BCUT2D eigenvalue weighted by Gasteiger charge is -2.31. The minimum absolute atomic E-state index is 0.0114. The lowest BCUT2D eigenvalue weighted by molar-refractivity contribution is -0.384. The Morgan fingerprint density at radius 3 is 2.13 bits per heavy atom. The molecule has 39 heavy (non-hydrogen) atoms. The molecule has 0 aliphatic carbocycles. The maximum Gasteiger partial charge on any atom is 0.336 e. The van der Waals surface area contributed by atoms with Gasteiger partial charge in [-0.2, -0.15) is 0 Å². The molecule has 8 nitrogen and oxygen atoms in total. The quantitative estimate of drug-likeness (QED) is 0.193. The zero-order chi connectivity index (χ0) is 27.9. The molecule has 2 atom stereocenters. The second-order valence-electron chi connectivity index (χ2n) is 9.38. The molecule has 0 saturated heterocycles. The van der Waals surface area contributed by atoms with Gasteiger partial charge in [0.15, 0.2) is 0 Å². The molecule has 2 unspecified atom stereocenters. The number of carbonyl (C=O) groups is 2. The molecule has 0 aromatic heterocycles. The van der Waals surface area contributed by atoms with Gasteiger partial charge in [-0.25, -0.2) is 4.79 Å². The smallest absolute Gasteiger partial charge is 0.336 e. The van der Waals surface area contributed by atoms with Crippen LogP contribution in [0.3, 0.4) is 0 Å². The van der Waals surface area contributed by atoms with Gasteiger partial charge in [0.05, 0.1) is 24.2 Å². The third-order valence-electron chi connectivity index (χ3n) is 6.99. The van der Waals surface area contributed by atoms with Crippen LogP contribution < -0.4 is 0 Å². The number of ether oxygens (including phenoxy) is 2. The number of hydrogen-bond donors (Lipinski definition) is 0. The summed E-state index contributed by atoms with van der Waals surface area (Å²) in [6, 6.07) is 25.9. The zero-order valence-electron chi connectivity index (χ0n) is 22.1. The normalized spacial score (nSPS) is 17.0. The number of allylic oxidation sites excluding steroid dienone is 1. The lowest BCUT2D eigenvalue weighted by atomic mass is 9.75. The Morgan fingerprint density at radius 2 is 1.56 bits per heavy atom.